The smallest absolute Gasteiger partial charge is 0.0749 e. The molecule has 0 unspecified atom stereocenters. The number of allylic oxidation sites excluding steroid dienone is 1. The molecule has 1 aromatic rings. The third kappa shape index (κ3) is 3.80. The Morgan fingerprint density at radius 2 is 1.93 bits per heavy atom. The average Bonchev–Trinajstić information content (AvgIpc) is 2.30. The number of unbranched alkanes of at least 4 members (excludes halogenated alkanes) is 1. The van der Waals surface area contributed by atoms with E-state index < -0.39 is 0 Å². The van der Waals surface area contributed by atoms with Crippen LogP contribution >= 0.6 is 15.9 Å². The molecule has 1 aromatic carbocycles. The van der Waals surface area contributed by atoms with Crippen molar-refractivity contribution in [2.45, 2.75) is 26.2 Å². The third-order valence-electron chi connectivity index (χ3n) is 2.37. The lowest BCUT2D eigenvalue weighted by Crippen LogP contribution is -1.91. The van der Waals surface area contributed by atoms with Gasteiger partial charge in [-0.15, -0.1) is 0 Å². The lowest BCUT2D eigenvalue weighted by atomic mass is 10.0. The topological polar surface area (TPSA) is 20.2 Å². The van der Waals surface area contributed by atoms with Crippen LogP contribution in [-0.2, 0) is 0 Å². The van der Waals surface area contributed by atoms with Gasteiger partial charge in [0.2, 0.25) is 0 Å². The van der Waals surface area contributed by atoms with Crippen LogP contribution in [0.25, 0.3) is 5.57 Å². The Balaban J connectivity index is 2.92. The van der Waals surface area contributed by atoms with Gasteiger partial charge in [-0.05, 0) is 24.0 Å². The lowest BCUT2D eigenvalue weighted by molar-refractivity contribution is 0.340. The van der Waals surface area contributed by atoms with Crippen molar-refractivity contribution in [3.63, 3.8) is 0 Å². The highest BCUT2D eigenvalue weighted by atomic mass is 79.9. The van der Waals surface area contributed by atoms with E-state index >= 15 is 0 Å². The van der Waals surface area contributed by atoms with E-state index in [1.807, 2.05) is 18.2 Å². The zero-order valence-electron chi connectivity index (χ0n) is 9.04. The van der Waals surface area contributed by atoms with Gasteiger partial charge in [0.25, 0.3) is 0 Å². The maximum absolute atomic E-state index is 9.16. The van der Waals surface area contributed by atoms with Crippen LogP contribution in [0, 0.1) is 0 Å². The summed E-state index contributed by atoms with van der Waals surface area (Å²) >= 11 is 3.44. The summed E-state index contributed by atoms with van der Waals surface area (Å²) in [5, 5.41) is 9.16. The molecule has 0 aromatic heterocycles. The average molecular weight is 269 g/mol. The van der Waals surface area contributed by atoms with Gasteiger partial charge in [0.1, 0.15) is 0 Å². The van der Waals surface area contributed by atoms with E-state index in [1.165, 1.54) is 17.6 Å². The summed E-state index contributed by atoms with van der Waals surface area (Å²) in [6.07, 6.45) is 3.34. The first-order valence-electron chi connectivity index (χ1n) is 5.33. The van der Waals surface area contributed by atoms with Gasteiger partial charge in [-0.25, -0.2) is 0 Å². The fraction of sp³-hybridized carbons (Fsp3) is 0.385. The molecule has 0 saturated carbocycles. The summed E-state index contributed by atoms with van der Waals surface area (Å²) in [6.45, 7) is 2.25. The minimum absolute atomic E-state index is 0.0773. The van der Waals surface area contributed by atoms with Crippen molar-refractivity contribution in [1.29, 1.82) is 0 Å². The summed E-state index contributed by atoms with van der Waals surface area (Å²) in [6, 6.07) is 10.2. The highest BCUT2D eigenvalue weighted by Gasteiger charge is 2.05. The quantitative estimate of drug-likeness (QED) is 0.857. The molecule has 0 heterocycles. The Bertz CT molecular complexity index is 317. The van der Waals surface area contributed by atoms with Crippen molar-refractivity contribution in [2.24, 2.45) is 0 Å². The molecular formula is C13H17BrO. The Labute approximate surface area is 100.0 Å². The van der Waals surface area contributed by atoms with E-state index in [0.29, 0.717) is 0 Å². The highest BCUT2D eigenvalue weighted by Crippen LogP contribution is 2.27. The predicted molar refractivity (Wildman–Crippen MR) is 68.9 cm³/mol. The third-order valence-corrected chi connectivity index (χ3v) is 3.10. The van der Waals surface area contributed by atoms with Crippen molar-refractivity contribution in [2.75, 3.05) is 6.61 Å². The van der Waals surface area contributed by atoms with Crippen molar-refractivity contribution < 1.29 is 5.11 Å². The minimum atomic E-state index is 0.0773. The Morgan fingerprint density at radius 1 is 1.27 bits per heavy atom. The molecule has 0 amide bonds. The number of halogens is 1. The van der Waals surface area contributed by atoms with Gasteiger partial charge in [0, 0.05) is 4.48 Å². The van der Waals surface area contributed by atoms with Gasteiger partial charge in [-0.3, -0.25) is 0 Å². The maximum atomic E-state index is 9.16. The van der Waals surface area contributed by atoms with E-state index in [1.54, 1.807) is 0 Å². The summed E-state index contributed by atoms with van der Waals surface area (Å²) in [5.41, 5.74) is 2.42. The molecule has 1 N–H and O–H groups in total. The van der Waals surface area contributed by atoms with Gasteiger partial charge in [-0.2, -0.15) is 0 Å². The minimum Gasteiger partial charge on any atom is -0.391 e. The largest absolute Gasteiger partial charge is 0.391 e. The zero-order chi connectivity index (χ0) is 11.1. The van der Waals surface area contributed by atoms with Crippen molar-refractivity contribution in [3.05, 3.63) is 40.4 Å². The van der Waals surface area contributed by atoms with Gasteiger partial charge in [0.05, 0.1) is 6.61 Å². The molecule has 0 radical (unpaired) electrons. The molecule has 0 aliphatic carbocycles. The fourth-order valence-electron chi connectivity index (χ4n) is 1.52. The number of hydrogen-bond acceptors (Lipinski definition) is 1. The summed E-state index contributed by atoms with van der Waals surface area (Å²) in [4.78, 5) is 0. The standard InChI is InChI=1S/C13H17BrO/c1-2-3-9-12(13(14)10-15)11-7-5-4-6-8-11/h4-8,15H,2-3,9-10H2,1H3/b13-12+. The summed E-state index contributed by atoms with van der Waals surface area (Å²) in [7, 11) is 0. The van der Waals surface area contributed by atoms with Crippen LogP contribution in [0.2, 0.25) is 0 Å². The molecule has 0 aliphatic rings. The molecule has 15 heavy (non-hydrogen) atoms. The lowest BCUT2D eigenvalue weighted by Gasteiger charge is -2.09. The second-order valence-electron chi connectivity index (χ2n) is 3.51. The molecule has 0 bridgehead atoms. The summed E-state index contributed by atoms with van der Waals surface area (Å²) in [5.74, 6) is 0. The molecule has 82 valence electrons. The van der Waals surface area contributed by atoms with E-state index in [9.17, 15) is 0 Å². The normalized spacial score (nSPS) is 12.5. The molecule has 0 saturated heterocycles. The van der Waals surface area contributed by atoms with Crippen molar-refractivity contribution >= 4 is 21.5 Å². The summed E-state index contributed by atoms with van der Waals surface area (Å²) < 4.78 is 0.905. The second kappa shape index (κ2) is 6.81. The van der Waals surface area contributed by atoms with Gasteiger partial charge >= 0.3 is 0 Å². The van der Waals surface area contributed by atoms with Crippen LogP contribution in [-0.4, -0.2) is 11.7 Å². The molecule has 0 fully saturated rings. The second-order valence-corrected chi connectivity index (χ2v) is 4.47. The monoisotopic (exact) mass is 268 g/mol. The first-order chi connectivity index (χ1) is 7.29. The van der Waals surface area contributed by atoms with Crippen LogP contribution in [0.1, 0.15) is 31.7 Å². The number of rotatable bonds is 5. The molecule has 1 nitrogen and oxygen atoms in total. The predicted octanol–water partition coefficient (Wildman–Crippen LogP) is 3.98. The number of aliphatic hydroxyl groups is 1. The van der Waals surface area contributed by atoms with Crippen LogP contribution in [0.5, 0.6) is 0 Å². The molecular weight excluding hydrogens is 252 g/mol. The highest BCUT2D eigenvalue weighted by molar-refractivity contribution is 9.11. The first kappa shape index (κ1) is 12.5. The van der Waals surface area contributed by atoms with Gasteiger partial charge in [0.15, 0.2) is 0 Å². The molecule has 2 heteroatoms. The number of benzene rings is 1. The fourth-order valence-corrected chi connectivity index (χ4v) is 1.95. The van der Waals surface area contributed by atoms with E-state index in [-0.39, 0.29) is 6.61 Å². The molecule has 0 aliphatic heterocycles. The van der Waals surface area contributed by atoms with E-state index in [4.69, 9.17) is 5.11 Å². The SMILES string of the molecule is CCCC/C(=C(\Br)CO)c1ccccc1. The van der Waals surface area contributed by atoms with Crippen LogP contribution in [0.15, 0.2) is 34.8 Å². The maximum Gasteiger partial charge on any atom is 0.0749 e. The molecule has 1 rings (SSSR count). The van der Waals surface area contributed by atoms with Crippen molar-refractivity contribution in [3.8, 4) is 0 Å². The van der Waals surface area contributed by atoms with Crippen LogP contribution in [0.3, 0.4) is 0 Å². The van der Waals surface area contributed by atoms with E-state index in [2.05, 4.69) is 35.0 Å². The van der Waals surface area contributed by atoms with Gasteiger partial charge in [-0.1, -0.05) is 59.6 Å². The van der Waals surface area contributed by atoms with E-state index in [0.717, 1.165) is 17.3 Å². The van der Waals surface area contributed by atoms with Gasteiger partial charge < -0.3 is 5.11 Å². The Hall–Kier alpha value is -0.600. The van der Waals surface area contributed by atoms with Crippen molar-refractivity contribution in [1.82, 2.24) is 0 Å². The van der Waals surface area contributed by atoms with Crippen LogP contribution < -0.4 is 0 Å². The molecule has 0 spiro atoms. The number of aliphatic hydroxyl groups excluding tert-OH is 1. The number of hydrogen-bond donors (Lipinski definition) is 1. The van der Waals surface area contributed by atoms with Crippen LogP contribution in [0.4, 0.5) is 0 Å². The zero-order valence-corrected chi connectivity index (χ0v) is 10.6. The molecule has 0 atom stereocenters. The first-order valence-corrected chi connectivity index (χ1v) is 6.12. The Morgan fingerprint density at radius 3 is 2.47 bits per heavy atom. The Kier molecular flexibility index (Phi) is 5.66.